The molecule has 7 heteroatoms. The minimum atomic E-state index is -3.83. The maximum atomic E-state index is 13.1. The minimum Gasteiger partial charge on any atom is -0.419 e. The summed E-state index contributed by atoms with van der Waals surface area (Å²) in [4.78, 5) is 5.83. The van der Waals surface area contributed by atoms with E-state index in [1.165, 1.54) is 41.3 Å². The molecule has 1 aromatic heterocycles. The topological polar surface area (TPSA) is 63.4 Å². The van der Waals surface area contributed by atoms with Crippen LogP contribution in [0.3, 0.4) is 0 Å². The van der Waals surface area contributed by atoms with Crippen molar-refractivity contribution in [3.05, 3.63) is 60.4 Å². The van der Waals surface area contributed by atoms with Gasteiger partial charge in [0.2, 0.25) is 26.6 Å². The Hall–Kier alpha value is -2.67. The van der Waals surface area contributed by atoms with Crippen molar-refractivity contribution in [2.75, 3.05) is 19.0 Å². The van der Waals surface area contributed by atoms with Crippen LogP contribution in [0.1, 0.15) is 0 Å². The van der Waals surface area contributed by atoms with Crippen LogP contribution in [0.15, 0.2) is 68.9 Å². The summed E-state index contributed by atoms with van der Waals surface area (Å²) in [6.07, 6.45) is 0. The van der Waals surface area contributed by atoms with Gasteiger partial charge in [0.05, 0.1) is 4.90 Å². The van der Waals surface area contributed by atoms with Crippen LogP contribution in [0, 0.1) is 5.82 Å². The monoisotopic (exact) mass is 346 g/mol. The fourth-order valence-corrected chi connectivity index (χ4v) is 3.58. The van der Waals surface area contributed by atoms with Gasteiger partial charge >= 0.3 is 0 Å². The van der Waals surface area contributed by atoms with E-state index < -0.39 is 15.7 Å². The molecule has 5 nitrogen and oxygen atoms in total. The summed E-state index contributed by atoms with van der Waals surface area (Å²) in [5.74, 6) is -0.151. The molecule has 0 fully saturated rings. The molecule has 0 bridgehead atoms. The van der Waals surface area contributed by atoms with Crippen LogP contribution < -0.4 is 4.90 Å². The first-order valence-corrected chi connectivity index (χ1v) is 8.62. The summed E-state index contributed by atoms with van der Waals surface area (Å²) in [6, 6.07) is 13.5. The number of benzene rings is 2. The van der Waals surface area contributed by atoms with E-state index in [-0.39, 0.29) is 21.7 Å². The van der Waals surface area contributed by atoms with E-state index in [0.717, 1.165) is 0 Å². The second kappa shape index (κ2) is 6.09. The highest BCUT2D eigenvalue weighted by Crippen LogP contribution is 2.33. The number of halogens is 1. The summed E-state index contributed by atoms with van der Waals surface area (Å²) in [7, 11) is -0.499. The molecule has 0 spiro atoms. The lowest BCUT2D eigenvalue weighted by Crippen LogP contribution is -2.13. The first-order valence-electron chi connectivity index (χ1n) is 7.14. The fourth-order valence-electron chi connectivity index (χ4n) is 2.18. The second-order valence-electron chi connectivity index (χ2n) is 5.35. The lowest BCUT2D eigenvalue weighted by Gasteiger charge is -2.09. The van der Waals surface area contributed by atoms with Gasteiger partial charge in [-0.05, 0) is 36.4 Å². The lowest BCUT2D eigenvalue weighted by molar-refractivity contribution is 0.564. The number of hydrogen-bond donors (Lipinski definition) is 0. The molecule has 0 aliphatic heterocycles. The molecule has 0 atom stereocenters. The van der Waals surface area contributed by atoms with Crippen LogP contribution in [-0.4, -0.2) is 27.5 Å². The predicted molar refractivity (Wildman–Crippen MR) is 88.1 cm³/mol. The molecule has 0 saturated heterocycles. The maximum Gasteiger partial charge on any atom is 0.235 e. The number of hydrogen-bond acceptors (Lipinski definition) is 5. The van der Waals surface area contributed by atoms with Crippen molar-refractivity contribution in [2.45, 2.75) is 9.92 Å². The molecule has 2 aromatic carbocycles. The number of rotatable bonds is 4. The van der Waals surface area contributed by atoms with Crippen LogP contribution >= 0.6 is 0 Å². The fraction of sp³-hybridized carbons (Fsp3) is 0.118. The zero-order valence-corrected chi connectivity index (χ0v) is 13.9. The molecule has 0 aliphatic rings. The van der Waals surface area contributed by atoms with E-state index in [1.807, 2.05) is 0 Å². The molecule has 3 aromatic rings. The van der Waals surface area contributed by atoms with Crippen LogP contribution in [0.25, 0.3) is 11.5 Å². The molecular weight excluding hydrogens is 331 g/mol. The molecule has 0 N–H and O–H groups in total. The first-order chi connectivity index (χ1) is 11.4. The Balaban J connectivity index is 2.16. The zero-order valence-electron chi connectivity index (χ0n) is 13.1. The van der Waals surface area contributed by atoms with Crippen molar-refractivity contribution in [2.24, 2.45) is 0 Å². The summed E-state index contributed by atoms with van der Waals surface area (Å²) >= 11 is 0. The molecule has 0 unspecified atom stereocenters. The van der Waals surface area contributed by atoms with Crippen molar-refractivity contribution in [3.63, 3.8) is 0 Å². The molecule has 0 radical (unpaired) electrons. The van der Waals surface area contributed by atoms with Gasteiger partial charge in [-0.2, -0.15) is 4.98 Å². The highest BCUT2D eigenvalue weighted by Gasteiger charge is 2.29. The number of anilines is 1. The van der Waals surface area contributed by atoms with Gasteiger partial charge in [-0.25, -0.2) is 12.8 Å². The average molecular weight is 346 g/mol. The van der Waals surface area contributed by atoms with E-state index >= 15 is 0 Å². The molecule has 1 heterocycles. The maximum absolute atomic E-state index is 13.1. The van der Waals surface area contributed by atoms with Gasteiger partial charge in [0.1, 0.15) is 5.82 Å². The lowest BCUT2D eigenvalue weighted by atomic mass is 10.2. The highest BCUT2D eigenvalue weighted by atomic mass is 32.2. The Kier molecular flexibility index (Phi) is 4.11. The van der Waals surface area contributed by atoms with Crippen molar-refractivity contribution >= 4 is 15.7 Å². The molecule has 3 rings (SSSR count). The molecule has 24 heavy (non-hydrogen) atoms. The van der Waals surface area contributed by atoms with Crippen LogP contribution in [0.4, 0.5) is 10.3 Å². The first kappa shape index (κ1) is 16.2. The predicted octanol–water partition coefficient (Wildman–Crippen LogP) is 3.38. The quantitative estimate of drug-likeness (QED) is 0.725. The van der Waals surface area contributed by atoms with Gasteiger partial charge in [-0.1, -0.05) is 18.2 Å². The molecule has 124 valence electrons. The summed E-state index contributed by atoms with van der Waals surface area (Å²) in [6.45, 7) is 0. The Morgan fingerprint density at radius 1 is 1.00 bits per heavy atom. The Bertz CT molecular complexity index is 949. The van der Waals surface area contributed by atoms with Crippen LogP contribution in [0.5, 0.6) is 0 Å². The van der Waals surface area contributed by atoms with Gasteiger partial charge in [0.25, 0.3) is 0 Å². The Morgan fingerprint density at radius 2 is 1.62 bits per heavy atom. The number of oxazole rings is 1. The number of nitrogens with zero attached hydrogens (tertiary/aromatic N) is 2. The zero-order chi connectivity index (χ0) is 17.3. The van der Waals surface area contributed by atoms with Gasteiger partial charge in [0, 0.05) is 19.7 Å². The second-order valence-corrected chi connectivity index (χ2v) is 7.21. The molecule has 0 saturated carbocycles. The third kappa shape index (κ3) is 2.90. The van der Waals surface area contributed by atoms with E-state index in [9.17, 15) is 12.8 Å². The van der Waals surface area contributed by atoms with Gasteiger partial charge in [-0.3, -0.25) is 0 Å². The molecule has 0 aliphatic carbocycles. The van der Waals surface area contributed by atoms with Gasteiger partial charge < -0.3 is 9.32 Å². The Labute approximate surface area is 139 Å². The third-order valence-electron chi connectivity index (χ3n) is 3.38. The van der Waals surface area contributed by atoms with E-state index in [4.69, 9.17) is 4.42 Å². The van der Waals surface area contributed by atoms with Gasteiger partial charge in [-0.15, -0.1) is 0 Å². The van der Waals surface area contributed by atoms with E-state index in [0.29, 0.717) is 5.56 Å². The van der Waals surface area contributed by atoms with Crippen molar-refractivity contribution in [3.8, 4) is 11.5 Å². The summed E-state index contributed by atoms with van der Waals surface area (Å²) < 4.78 is 44.4. The highest BCUT2D eigenvalue weighted by molar-refractivity contribution is 7.91. The van der Waals surface area contributed by atoms with E-state index in [2.05, 4.69) is 4.98 Å². The van der Waals surface area contributed by atoms with Crippen LogP contribution in [-0.2, 0) is 9.84 Å². The van der Waals surface area contributed by atoms with Crippen molar-refractivity contribution in [1.82, 2.24) is 4.98 Å². The Morgan fingerprint density at radius 3 is 2.21 bits per heavy atom. The van der Waals surface area contributed by atoms with E-state index in [1.54, 1.807) is 32.3 Å². The van der Waals surface area contributed by atoms with Crippen molar-refractivity contribution in [1.29, 1.82) is 0 Å². The largest absolute Gasteiger partial charge is 0.419 e. The minimum absolute atomic E-state index is 0.119. The van der Waals surface area contributed by atoms with Gasteiger partial charge in [0.15, 0.2) is 0 Å². The third-order valence-corrected chi connectivity index (χ3v) is 5.05. The smallest absolute Gasteiger partial charge is 0.235 e. The normalized spacial score (nSPS) is 11.5. The standard InChI is InChI=1S/C17H15FN2O3S/c1-20(2)17-16(24(21,22)14-6-4-3-5-7-14)19-15(23-17)12-8-10-13(18)11-9-12/h3-11H,1-2H3. The average Bonchev–Trinajstić information content (AvgIpc) is 3.03. The van der Waals surface area contributed by atoms with Crippen LogP contribution in [0.2, 0.25) is 0 Å². The summed E-state index contributed by atoms with van der Waals surface area (Å²) in [5, 5.41) is -0.168. The number of aromatic nitrogens is 1. The molecule has 0 amide bonds. The summed E-state index contributed by atoms with van der Waals surface area (Å²) in [5.41, 5.74) is 0.494. The SMILES string of the molecule is CN(C)c1oc(-c2ccc(F)cc2)nc1S(=O)(=O)c1ccccc1. The molecular formula is C17H15FN2O3S. The number of sulfone groups is 1. The van der Waals surface area contributed by atoms with Crippen molar-refractivity contribution < 1.29 is 17.2 Å².